The molecule has 0 aromatic rings. The van der Waals surface area contributed by atoms with Gasteiger partial charge in [-0.15, -0.1) is 0 Å². The molecule has 2 aliphatic carbocycles. The molecule has 1 fully saturated rings. The van der Waals surface area contributed by atoms with Gasteiger partial charge in [-0.1, -0.05) is 6.08 Å². The number of rotatable bonds is 3. The highest BCUT2D eigenvalue weighted by atomic mass is 16.5. The first-order valence-corrected chi connectivity index (χ1v) is 6.64. The van der Waals surface area contributed by atoms with Crippen molar-refractivity contribution in [3.8, 4) is 0 Å². The van der Waals surface area contributed by atoms with E-state index in [1.165, 1.54) is 6.92 Å². The van der Waals surface area contributed by atoms with E-state index in [1.54, 1.807) is 0 Å². The van der Waals surface area contributed by atoms with Gasteiger partial charge in [-0.25, -0.2) is 0 Å². The smallest absolute Gasteiger partial charge is 0.309 e. The Labute approximate surface area is 107 Å². The summed E-state index contributed by atoms with van der Waals surface area (Å²) >= 11 is 0. The summed E-state index contributed by atoms with van der Waals surface area (Å²) in [5.41, 5.74) is 0. The van der Waals surface area contributed by atoms with E-state index < -0.39 is 0 Å². The van der Waals surface area contributed by atoms with E-state index in [0.717, 1.165) is 19.3 Å². The third kappa shape index (κ3) is 2.92. The predicted octanol–water partition coefficient (Wildman–Crippen LogP) is 2.08. The van der Waals surface area contributed by atoms with Crippen LogP contribution in [0.5, 0.6) is 0 Å². The Balaban J connectivity index is 1.96. The standard InChI is InChI=1S/C14H20O4/c1-3-17-14(16)13-11-7-5-4-6-10(8-12(11)13)18-9(2)15/h4,6,10-13H,3,5,7-8H2,1-2H3. The van der Waals surface area contributed by atoms with Crippen LogP contribution in [0.2, 0.25) is 0 Å². The molecule has 1 saturated carbocycles. The molecule has 2 aliphatic rings. The number of carbonyl (C=O) groups is 2. The molecule has 2 rings (SSSR count). The van der Waals surface area contributed by atoms with Crippen LogP contribution in [0.15, 0.2) is 12.2 Å². The maximum atomic E-state index is 11.8. The van der Waals surface area contributed by atoms with E-state index in [2.05, 4.69) is 0 Å². The fourth-order valence-electron chi connectivity index (χ4n) is 2.93. The molecule has 0 aliphatic heterocycles. The van der Waals surface area contributed by atoms with Crippen molar-refractivity contribution in [2.75, 3.05) is 6.61 Å². The SMILES string of the molecule is CCOC(=O)C1C2CCC=CC(OC(C)=O)CC21. The summed E-state index contributed by atoms with van der Waals surface area (Å²) in [6.07, 6.45) is 6.51. The second-order valence-electron chi connectivity index (χ2n) is 4.99. The van der Waals surface area contributed by atoms with Gasteiger partial charge in [-0.3, -0.25) is 9.59 Å². The fraction of sp³-hybridized carbons (Fsp3) is 0.714. The van der Waals surface area contributed by atoms with Crippen molar-refractivity contribution in [3.63, 3.8) is 0 Å². The highest BCUT2D eigenvalue weighted by Crippen LogP contribution is 2.53. The van der Waals surface area contributed by atoms with Gasteiger partial charge in [0, 0.05) is 6.92 Å². The molecule has 4 atom stereocenters. The third-order valence-electron chi connectivity index (χ3n) is 3.73. The number of esters is 2. The lowest BCUT2D eigenvalue weighted by molar-refractivity contribution is -0.145. The molecule has 18 heavy (non-hydrogen) atoms. The number of hydrogen-bond donors (Lipinski definition) is 0. The van der Waals surface area contributed by atoms with E-state index in [4.69, 9.17) is 9.47 Å². The summed E-state index contributed by atoms with van der Waals surface area (Å²) in [6.45, 7) is 3.67. The predicted molar refractivity (Wildman–Crippen MR) is 65.6 cm³/mol. The minimum Gasteiger partial charge on any atom is -0.466 e. The Morgan fingerprint density at radius 1 is 1.33 bits per heavy atom. The van der Waals surface area contributed by atoms with Crippen molar-refractivity contribution >= 4 is 11.9 Å². The first-order valence-electron chi connectivity index (χ1n) is 6.64. The molecular formula is C14H20O4. The minimum absolute atomic E-state index is 0.0166. The monoisotopic (exact) mass is 252 g/mol. The van der Waals surface area contributed by atoms with Gasteiger partial charge < -0.3 is 9.47 Å². The highest BCUT2D eigenvalue weighted by molar-refractivity contribution is 5.76. The number of fused-ring (bicyclic) bond motifs is 1. The van der Waals surface area contributed by atoms with E-state index in [1.807, 2.05) is 19.1 Å². The van der Waals surface area contributed by atoms with Gasteiger partial charge in [0.15, 0.2) is 0 Å². The van der Waals surface area contributed by atoms with Crippen LogP contribution in [0.25, 0.3) is 0 Å². The van der Waals surface area contributed by atoms with Crippen LogP contribution in [0.1, 0.15) is 33.1 Å². The van der Waals surface area contributed by atoms with Gasteiger partial charge in [0.1, 0.15) is 6.10 Å². The van der Waals surface area contributed by atoms with Crippen molar-refractivity contribution in [1.82, 2.24) is 0 Å². The summed E-state index contributed by atoms with van der Waals surface area (Å²) in [6, 6.07) is 0. The van der Waals surface area contributed by atoms with Crippen molar-refractivity contribution in [2.45, 2.75) is 39.2 Å². The zero-order valence-corrected chi connectivity index (χ0v) is 10.9. The summed E-state index contributed by atoms with van der Waals surface area (Å²) in [5, 5.41) is 0. The maximum absolute atomic E-state index is 11.8. The number of allylic oxidation sites excluding steroid dienone is 1. The molecule has 0 amide bonds. The average Bonchev–Trinajstić information content (AvgIpc) is 2.92. The van der Waals surface area contributed by atoms with Gasteiger partial charge in [0.05, 0.1) is 12.5 Å². The molecule has 4 heteroatoms. The fourth-order valence-corrected chi connectivity index (χ4v) is 2.93. The zero-order chi connectivity index (χ0) is 13.1. The van der Waals surface area contributed by atoms with E-state index >= 15 is 0 Å². The normalized spacial score (nSPS) is 33.9. The topological polar surface area (TPSA) is 52.6 Å². The minimum atomic E-state index is -0.268. The van der Waals surface area contributed by atoms with Crippen LogP contribution in [-0.4, -0.2) is 24.6 Å². The van der Waals surface area contributed by atoms with Gasteiger partial charge >= 0.3 is 11.9 Å². The third-order valence-corrected chi connectivity index (χ3v) is 3.73. The zero-order valence-electron chi connectivity index (χ0n) is 10.9. The lowest BCUT2D eigenvalue weighted by atomic mass is 10.0. The van der Waals surface area contributed by atoms with Gasteiger partial charge in [0.2, 0.25) is 0 Å². The Hall–Kier alpha value is -1.32. The van der Waals surface area contributed by atoms with Crippen LogP contribution < -0.4 is 0 Å². The Morgan fingerprint density at radius 2 is 2.11 bits per heavy atom. The number of ether oxygens (including phenoxy) is 2. The van der Waals surface area contributed by atoms with Gasteiger partial charge in [-0.05, 0) is 44.1 Å². The molecule has 0 spiro atoms. The Morgan fingerprint density at radius 3 is 2.78 bits per heavy atom. The van der Waals surface area contributed by atoms with E-state index in [9.17, 15) is 9.59 Å². The summed E-state index contributed by atoms with van der Waals surface area (Å²) in [4.78, 5) is 22.8. The molecule has 0 bridgehead atoms. The first kappa shape index (κ1) is 13.1. The first-order chi connectivity index (χ1) is 8.63. The van der Waals surface area contributed by atoms with Crippen LogP contribution in [-0.2, 0) is 19.1 Å². The lowest BCUT2D eigenvalue weighted by Crippen LogP contribution is -2.16. The highest BCUT2D eigenvalue weighted by Gasteiger charge is 2.55. The second kappa shape index (κ2) is 5.55. The number of carbonyl (C=O) groups excluding carboxylic acids is 2. The Bertz CT molecular complexity index is 361. The largest absolute Gasteiger partial charge is 0.466 e. The molecule has 0 N–H and O–H groups in total. The molecule has 0 saturated heterocycles. The molecule has 4 nitrogen and oxygen atoms in total. The summed E-state index contributed by atoms with van der Waals surface area (Å²) in [5.74, 6) is 0.388. The molecule has 100 valence electrons. The van der Waals surface area contributed by atoms with Crippen LogP contribution in [0.4, 0.5) is 0 Å². The molecule has 4 unspecified atom stereocenters. The van der Waals surface area contributed by atoms with Gasteiger partial charge in [0.25, 0.3) is 0 Å². The number of hydrogen-bond acceptors (Lipinski definition) is 4. The molecular weight excluding hydrogens is 232 g/mol. The summed E-state index contributed by atoms with van der Waals surface area (Å²) < 4.78 is 10.3. The maximum Gasteiger partial charge on any atom is 0.309 e. The van der Waals surface area contributed by atoms with E-state index in [-0.39, 0.29) is 24.0 Å². The van der Waals surface area contributed by atoms with Crippen LogP contribution in [0, 0.1) is 17.8 Å². The lowest BCUT2D eigenvalue weighted by Gasteiger charge is -2.14. The molecule has 0 aromatic carbocycles. The van der Waals surface area contributed by atoms with Crippen LogP contribution in [0.3, 0.4) is 0 Å². The molecule has 0 aromatic heterocycles. The van der Waals surface area contributed by atoms with Crippen LogP contribution >= 0.6 is 0 Å². The summed E-state index contributed by atoms with van der Waals surface area (Å²) in [7, 11) is 0. The van der Waals surface area contributed by atoms with Crippen molar-refractivity contribution in [3.05, 3.63) is 12.2 Å². The van der Waals surface area contributed by atoms with Crippen molar-refractivity contribution < 1.29 is 19.1 Å². The molecule has 0 heterocycles. The second-order valence-corrected chi connectivity index (χ2v) is 4.99. The van der Waals surface area contributed by atoms with Crippen molar-refractivity contribution in [2.24, 2.45) is 17.8 Å². The van der Waals surface area contributed by atoms with Crippen molar-refractivity contribution in [1.29, 1.82) is 0 Å². The Kier molecular flexibility index (Phi) is 4.04. The van der Waals surface area contributed by atoms with E-state index in [0.29, 0.717) is 18.4 Å². The van der Waals surface area contributed by atoms with Gasteiger partial charge in [-0.2, -0.15) is 0 Å². The molecule has 0 radical (unpaired) electrons. The average molecular weight is 252 g/mol. The quantitative estimate of drug-likeness (QED) is 0.570.